The van der Waals surface area contributed by atoms with Crippen molar-refractivity contribution in [2.24, 2.45) is 0 Å². The first-order valence-electron chi connectivity index (χ1n) is 5.72. The van der Waals surface area contributed by atoms with Crippen LogP contribution in [-0.4, -0.2) is 20.2 Å². The summed E-state index contributed by atoms with van der Waals surface area (Å²) in [6, 6.07) is 4.02. The van der Waals surface area contributed by atoms with Gasteiger partial charge in [0.15, 0.2) is 0 Å². The van der Waals surface area contributed by atoms with Crippen LogP contribution in [0.1, 0.15) is 24.5 Å². The normalized spacial score (nSPS) is 10.5. The van der Waals surface area contributed by atoms with Gasteiger partial charge in [0.2, 0.25) is 0 Å². The lowest BCUT2D eigenvalue weighted by Gasteiger charge is -2.10. The Balaban J connectivity index is 2.63. The molecule has 90 valence electrons. The molecule has 0 unspecified atom stereocenters. The minimum Gasteiger partial charge on any atom is -0.495 e. The van der Waals surface area contributed by atoms with Crippen LogP contribution >= 0.6 is 11.6 Å². The fourth-order valence-corrected chi connectivity index (χ4v) is 1.97. The SMILES string of the molecule is CCNCCCc1cc(Cl)c(OC)cc1C. The van der Waals surface area contributed by atoms with Crippen LogP contribution in [0.25, 0.3) is 0 Å². The van der Waals surface area contributed by atoms with Gasteiger partial charge in [-0.2, -0.15) is 0 Å². The van der Waals surface area contributed by atoms with Gasteiger partial charge in [-0.1, -0.05) is 18.5 Å². The predicted molar refractivity (Wildman–Crippen MR) is 69.6 cm³/mol. The molecule has 1 aromatic carbocycles. The summed E-state index contributed by atoms with van der Waals surface area (Å²) in [5, 5.41) is 4.02. The maximum Gasteiger partial charge on any atom is 0.137 e. The molecule has 0 aromatic heterocycles. The number of ether oxygens (including phenoxy) is 1. The Morgan fingerprint density at radius 3 is 2.75 bits per heavy atom. The number of rotatable bonds is 6. The highest BCUT2D eigenvalue weighted by Gasteiger charge is 2.05. The fraction of sp³-hybridized carbons (Fsp3) is 0.538. The second kappa shape index (κ2) is 6.77. The molecule has 0 amide bonds. The van der Waals surface area contributed by atoms with Crippen molar-refractivity contribution in [1.82, 2.24) is 5.32 Å². The van der Waals surface area contributed by atoms with Gasteiger partial charge in [0.25, 0.3) is 0 Å². The Bertz CT molecular complexity index is 339. The first-order chi connectivity index (χ1) is 7.69. The molecular formula is C13H20ClNO. The lowest BCUT2D eigenvalue weighted by molar-refractivity contribution is 0.414. The van der Waals surface area contributed by atoms with Crippen LogP contribution < -0.4 is 10.1 Å². The third kappa shape index (κ3) is 3.69. The van der Waals surface area contributed by atoms with Gasteiger partial charge < -0.3 is 10.1 Å². The highest BCUT2D eigenvalue weighted by atomic mass is 35.5. The van der Waals surface area contributed by atoms with E-state index in [4.69, 9.17) is 16.3 Å². The topological polar surface area (TPSA) is 21.3 Å². The quantitative estimate of drug-likeness (QED) is 0.773. The number of methoxy groups -OCH3 is 1. The summed E-state index contributed by atoms with van der Waals surface area (Å²) in [5.74, 6) is 0.759. The Hall–Kier alpha value is -0.730. The molecule has 3 heteroatoms. The van der Waals surface area contributed by atoms with Crippen molar-refractivity contribution in [2.75, 3.05) is 20.2 Å². The Morgan fingerprint density at radius 1 is 1.38 bits per heavy atom. The molecule has 16 heavy (non-hydrogen) atoms. The molecule has 1 N–H and O–H groups in total. The molecule has 0 aliphatic heterocycles. The van der Waals surface area contributed by atoms with Crippen LogP contribution in [0.3, 0.4) is 0 Å². The molecule has 0 fully saturated rings. The van der Waals surface area contributed by atoms with Crippen molar-refractivity contribution < 1.29 is 4.74 Å². The van der Waals surface area contributed by atoms with E-state index in [-0.39, 0.29) is 0 Å². The van der Waals surface area contributed by atoms with Gasteiger partial charge in [-0.25, -0.2) is 0 Å². The van der Waals surface area contributed by atoms with Crippen LogP contribution in [0.4, 0.5) is 0 Å². The zero-order valence-corrected chi connectivity index (χ0v) is 11.0. The van der Waals surface area contributed by atoms with Crippen molar-refractivity contribution in [3.63, 3.8) is 0 Å². The van der Waals surface area contributed by atoms with Crippen molar-refractivity contribution in [3.05, 3.63) is 28.3 Å². The van der Waals surface area contributed by atoms with Crippen molar-refractivity contribution in [3.8, 4) is 5.75 Å². The second-order valence-electron chi connectivity index (χ2n) is 3.87. The molecule has 0 radical (unpaired) electrons. The first kappa shape index (κ1) is 13.3. The smallest absolute Gasteiger partial charge is 0.137 e. The van der Waals surface area contributed by atoms with Gasteiger partial charge in [-0.15, -0.1) is 0 Å². The minimum atomic E-state index is 0.701. The molecule has 0 bridgehead atoms. The number of benzene rings is 1. The lowest BCUT2D eigenvalue weighted by atomic mass is 10.0. The minimum absolute atomic E-state index is 0.701. The highest BCUT2D eigenvalue weighted by Crippen LogP contribution is 2.28. The van der Waals surface area contributed by atoms with Crippen LogP contribution in [0.15, 0.2) is 12.1 Å². The Kier molecular flexibility index (Phi) is 5.64. The van der Waals surface area contributed by atoms with E-state index in [0.29, 0.717) is 5.02 Å². The van der Waals surface area contributed by atoms with Crippen molar-refractivity contribution in [2.45, 2.75) is 26.7 Å². The van der Waals surface area contributed by atoms with Crippen LogP contribution in [0, 0.1) is 6.92 Å². The molecule has 1 aromatic rings. The van der Waals surface area contributed by atoms with Crippen LogP contribution in [0.2, 0.25) is 5.02 Å². The predicted octanol–water partition coefficient (Wildman–Crippen LogP) is 3.20. The van der Waals surface area contributed by atoms with E-state index < -0.39 is 0 Å². The molecule has 0 spiro atoms. The van der Waals surface area contributed by atoms with Gasteiger partial charge in [0.1, 0.15) is 5.75 Å². The van der Waals surface area contributed by atoms with Gasteiger partial charge in [-0.3, -0.25) is 0 Å². The Morgan fingerprint density at radius 2 is 2.12 bits per heavy atom. The van der Waals surface area contributed by atoms with E-state index >= 15 is 0 Å². The standard InChI is InChI=1S/C13H20ClNO/c1-4-15-7-5-6-11-9-12(14)13(16-3)8-10(11)2/h8-9,15H,4-7H2,1-3H3. The zero-order chi connectivity index (χ0) is 12.0. The molecule has 0 saturated heterocycles. The van der Waals surface area contributed by atoms with E-state index in [2.05, 4.69) is 19.2 Å². The maximum absolute atomic E-state index is 6.10. The summed E-state index contributed by atoms with van der Waals surface area (Å²) >= 11 is 6.10. The molecular weight excluding hydrogens is 222 g/mol. The van der Waals surface area contributed by atoms with Gasteiger partial charge in [0.05, 0.1) is 12.1 Å². The summed E-state index contributed by atoms with van der Waals surface area (Å²) in [5.41, 5.74) is 2.56. The molecule has 0 heterocycles. The maximum atomic E-state index is 6.10. The number of hydrogen-bond acceptors (Lipinski definition) is 2. The van der Waals surface area contributed by atoms with E-state index in [1.54, 1.807) is 7.11 Å². The highest BCUT2D eigenvalue weighted by molar-refractivity contribution is 6.32. The summed E-state index contributed by atoms with van der Waals surface area (Å²) in [4.78, 5) is 0. The fourth-order valence-electron chi connectivity index (χ4n) is 1.70. The lowest BCUT2D eigenvalue weighted by Crippen LogP contribution is -2.14. The van der Waals surface area contributed by atoms with Crippen molar-refractivity contribution in [1.29, 1.82) is 0 Å². The van der Waals surface area contributed by atoms with Crippen molar-refractivity contribution >= 4 is 11.6 Å². The van der Waals surface area contributed by atoms with Gasteiger partial charge in [0, 0.05) is 0 Å². The number of hydrogen-bond donors (Lipinski definition) is 1. The summed E-state index contributed by atoms with van der Waals surface area (Å²) in [6.45, 7) is 6.30. The molecule has 0 aliphatic carbocycles. The summed E-state index contributed by atoms with van der Waals surface area (Å²) in [6.07, 6.45) is 2.19. The number of aryl methyl sites for hydroxylation is 2. The monoisotopic (exact) mass is 241 g/mol. The van der Waals surface area contributed by atoms with E-state index in [1.165, 1.54) is 11.1 Å². The number of halogens is 1. The third-order valence-corrected chi connectivity index (χ3v) is 2.96. The first-order valence-corrected chi connectivity index (χ1v) is 6.10. The molecule has 2 nitrogen and oxygen atoms in total. The van der Waals surface area contributed by atoms with Gasteiger partial charge >= 0.3 is 0 Å². The molecule has 0 atom stereocenters. The van der Waals surface area contributed by atoms with E-state index in [9.17, 15) is 0 Å². The third-order valence-electron chi connectivity index (χ3n) is 2.66. The summed E-state index contributed by atoms with van der Waals surface area (Å²) in [7, 11) is 1.64. The largest absolute Gasteiger partial charge is 0.495 e. The summed E-state index contributed by atoms with van der Waals surface area (Å²) < 4.78 is 5.18. The Labute approximate surface area is 103 Å². The van der Waals surface area contributed by atoms with E-state index in [1.807, 2.05) is 12.1 Å². The van der Waals surface area contributed by atoms with E-state index in [0.717, 1.165) is 31.7 Å². The average Bonchev–Trinajstić information content (AvgIpc) is 2.28. The molecule has 0 saturated carbocycles. The zero-order valence-electron chi connectivity index (χ0n) is 10.3. The molecule has 1 rings (SSSR count). The van der Waals surface area contributed by atoms with Crippen LogP contribution in [-0.2, 0) is 6.42 Å². The average molecular weight is 242 g/mol. The molecule has 0 aliphatic rings. The number of nitrogens with one attached hydrogen (secondary N) is 1. The van der Waals surface area contributed by atoms with Crippen LogP contribution in [0.5, 0.6) is 5.75 Å². The second-order valence-corrected chi connectivity index (χ2v) is 4.28. The van der Waals surface area contributed by atoms with Gasteiger partial charge in [-0.05, 0) is 56.1 Å².